The molecule has 0 unspecified atom stereocenters. The van der Waals surface area contributed by atoms with Gasteiger partial charge in [-0.05, 0) is 62.1 Å². The predicted octanol–water partition coefficient (Wildman–Crippen LogP) is 3.14. The molecule has 3 aliphatic rings. The van der Waals surface area contributed by atoms with E-state index in [4.69, 9.17) is 4.74 Å². The van der Waals surface area contributed by atoms with Crippen molar-refractivity contribution in [1.82, 2.24) is 33.8 Å². The summed E-state index contributed by atoms with van der Waals surface area (Å²) in [6.45, 7) is 7.58. The van der Waals surface area contributed by atoms with Crippen molar-refractivity contribution in [3.63, 3.8) is 0 Å². The van der Waals surface area contributed by atoms with Crippen LogP contribution in [0, 0.1) is 0 Å². The first-order chi connectivity index (χ1) is 23.4. The zero-order chi connectivity index (χ0) is 32.9. The highest BCUT2D eigenvalue weighted by Crippen LogP contribution is 2.29. The molecule has 246 valence electrons. The highest BCUT2D eigenvalue weighted by molar-refractivity contribution is 5.92. The van der Waals surface area contributed by atoms with E-state index >= 15 is 0 Å². The fourth-order valence-corrected chi connectivity index (χ4v) is 7.26. The summed E-state index contributed by atoms with van der Waals surface area (Å²) in [6, 6.07) is 10.1. The Kier molecular flexibility index (Phi) is 7.64. The molecule has 0 aliphatic carbocycles. The molecule has 13 heteroatoms. The number of aldehydes is 1. The minimum Gasteiger partial charge on any atom is -0.378 e. The fraction of sp³-hybridized carbons (Fsp3) is 0.371. The maximum absolute atomic E-state index is 13.7. The van der Waals surface area contributed by atoms with Gasteiger partial charge < -0.3 is 24.1 Å². The smallest absolute Gasteiger partial charge is 0.282 e. The van der Waals surface area contributed by atoms with E-state index in [2.05, 4.69) is 41.7 Å². The van der Waals surface area contributed by atoms with Crippen LogP contribution in [-0.2, 0) is 24.8 Å². The third kappa shape index (κ3) is 5.19. The van der Waals surface area contributed by atoms with Gasteiger partial charge >= 0.3 is 0 Å². The fourth-order valence-electron chi connectivity index (χ4n) is 7.26. The molecule has 5 aromatic rings. The lowest BCUT2D eigenvalue weighted by atomic mass is 10.0. The van der Waals surface area contributed by atoms with E-state index < -0.39 is 0 Å². The van der Waals surface area contributed by atoms with E-state index in [9.17, 15) is 14.4 Å². The van der Waals surface area contributed by atoms with Gasteiger partial charge in [0.2, 0.25) is 0 Å². The Morgan fingerprint density at radius 2 is 1.88 bits per heavy atom. The molecule has 1 atom stereocenters. The van der Waals surface area contributed by atoms with Crippen molar-refractivity contribution >= 4 is 34.4 Å². The van der Waals surface area contributed by atoms with Gasteiger partial charge in [0.1, 0.15) is 11.5 Å². The Hall–Kier alpha value is -5.14. The summed E-state index contributed by atoms with van der Waals surface area (Å²) in [4.78, 5) is 53.4. The van der Waals surface area contributed by atoms with E-state index in [1.807, 2.05) is 24.4 Å². The molecular weight excluding hydrogens is 610 g/mol. The molecule has 0 aromatic carbocycles. The van der Waals surface area contributed by atoms with Gasteiger partial charge in [-0.3, -0.25) is 19.3 Å². The number of ether oxygens (including phenoxy) is 1. The van der Waals surface area contributed by atoms with Crippen molar-refractivity contribution in [2.45, 2.75) is 44.8 Å². The number of pyridine rings is 3. The van der Waals surface area contributed by atoms with Crippen LogP contribution in [0.1, 0.15) is 35.8 Å². The number of aromatic nitrogens is 6. The summed E-state index contributed by atoms with van der Waals surface area (Å²) in [7, 11) is 1.65. The molecule has 1 N–H and O–H groups in total. The number of carbonyl (C=O) groups excluding carboxylic acids is 1. The number of hydrogen-bond acceptors (Lipinski definition) is 10. The minimum atomic E-state index is -0.330. The number of rotatable bonds is 7. The molecular formula is C35H37N9O4. The van der Waals surface area contributed by atoms with E-state index in [1.165, 1.54) is 9.25 Å². The summed E-state index contributed by atoms with van der Waals surface area (Å²) in [6.07, 6.45) is 10.4. The van der Waals surface area contributed by atoms with E-state index in [1.54, 1.807) is 37.8 Å². The first kappa shape index (κ1) is 30.2. The maximum Gasteiger partial charge on any atom is 0.282 e. The zero-order valence-electron chi connectivity index (χ0n) is 27.0. The average molecular weight is 648 g/mol. The van der Waals surface area contributed by atoms with Gasteiger partial charge in [0.05, 0.1) is 53.8 Å². The van der Waals surface area contributed by atoms with Crippen molar-refractivity contribution < 1.29 is 9.53 Å². The Bertz CT molecular complexity index is 2150. The Balaban J connectivity index is 1.08. The summed E-state index contributed by atoms with van der Waals surface area (Å²) in [5.74, 6) is 0.659. The van der Waals surface area contributed by atoms with Crippen LogP contribution >= 0.6 is 0 Å². The van der Waals surface area contributed by atoms with Gasteiger partial charge in [0.15, 0.2) is 12.1 Å². The Morgan fingerprint density at radius 3 is 2.62 bits per heavy atom. The van der Waals surface area contributed by atoms with Crippen LogP contribution in [0.5, 0.6) is 0 Å². The summed E-state index contributed by atoms with van der Waals surface area (Å²) in [5, 5.41) is 8.18. The molecule has 5 aromatic heterocycles. The van der Waals surface area contributed by atoms with Gasteiger partial charge in [-0.15, -0.1) is 0 Å². The van der Waals surface area contributed by atoms with Crippen molar-refractivity contribution in [2.75, 3.05) is 43.1 Å². The molecule has 3 aliphatic heterocycles. The average Bonchev–Trinajstić information content (AvgIpc) is 3.46. The topological polar surface area (TPSA) is 132 Å². The Morgan fingerprint density at radius 1 is 1.00 bits per heavy atom. The monoisotopic (exact) mass is 647 g/mol. The van der Waals surface area contributed by atoms with Gasteiger partial charge in [-0.25, -0.2) is 9.97 Å². The van der Waals surface area contributed by atoms with E-state index in [0.29, 0.717) is 46.4 Å². The van der Waals surface area contributed by atoms with Gasteiger partial charge in [0.25, 0.3) is 11.1 Å². The number of fused-ring (bicyclic) bond motifs is 3. The molecule has 2 fully saturated rings. The lowest BCUT2D eigenvalue weighted by Gasteiger charge is -2.46. The number of aryl methyl sites for hydroxylation is 3. The van der Waals surface area contributed by atoms with Crippen LogP contribution in [0.15, 0.2) is 64.7 Å². The third-order valence-electron chi connectivity index (χ3n) is 9.93. The SMILES string of the molecule is C[C@H]1CN(C2COC2)CCN1c1ccc(Nc2cc(-c3ccnc(-n4ncc5c(cc6n5CCCC6)c4=O)c3C=O)cn(C)c2=O)nc1. The van der Waals surface area contributed by atoms with E-state index in [0.717, 1.165) is 75.6 Å². The molecule has 0 bridgehead atoms. The van der Waals surface area contributed by atoms with Crippen LogP contribution in [0.4, 0.5) is 17.2 Å². The number of anilines is 3. The lowest BCUT2D eigenvalue weighted by molar-refractivity contribution is -0.0691. The minimum absolute atomic E-state index is 0.135. The number of piperazine rings is 1. The van der Waals surface area contributed by atoms with Crippen molar-refractivity contribution in [1.29, 1.82) is 0 Å². The number of carbonyl (C=O) groups is 1. The number of nitrogens with zero attached hydrogens (tertiary/aromatic N) is 8. The first-order valence-electron chi connectivity index (χ1n) is 16.5. The second-order valence-electron chi connectivity index (χ2n) is 12.9. The largest absolute Gasteiger partial charge is 0.378 e. The van der Waals surface area contributed by atoms with Crippen molar-refractivity contribution in [3.05, 3.63) is 87.1 Å². The maximum atomic E-state index is 13.7. The van der Waals surface area contributed by atoms with E-state index in [-0.39, 0.29) is 22.5 Å². The standard InChI is InChI=1S/C35H37N9O4/c1-22-17-41(26-20-48-21-26)11-12-42(22)25-6-7-32(37-15-25)39-30-13-23(18-40(2)35(30)47)27-8-9-36-33(29(27)19-45)44-34(46)28-14-24-5-3-4-10-43(24)31(28)16-38-44/h6-9,13-16,18-19,22,26H,3-5,10-12,17,20-21H2,1-2H3,(H,37,39)/t22-/m0/s1. The second kappa shape index (κ2) is 12.1. The molecule has 2 saturated heterocycles. The molecule has 0 amide bonds. The number of hydrogen-bond donors (Lipinski definition) is 1. The lowest BCUT2D eigenvalue weighted by Crippen LogP contribution is -2.59. The van der Waals surface area contributed by atoms with Gasteiger partial charge in [-0.1, -0.05) is 0 Å². The number of nitrogens with one attached hydrogen (secondary N) is 1. The van der Waals surface area contributed by atoms with Crippen LogP contribution in [0.25, 0.3) is 27.8 Å². The summed E-state index contributed by atoms with van der Waals surface area (Å²) >= 11 is 0. The Labute approximate surface area is 276 Å². The van der Waals surface area contributed by atoms with Crippen LogP contribution < -0.4 is 21.3 Å². The third-order valence-corrected chi connectivity index (χ3v) is 9.93. The molecule has 8 heterocycles. The molecule has 0 spiro atoms. The first-order valence-corrected chi connectivity index (χ1v) is 16.5. The van der Waals surface area contributed by atoms with Crippen molar-refractivity contribution in [3.8, 4) is 16.9 Å². The molecule has 8 rings (SSSR count). The van der Waals surface area contributed by atoms with Crippen LogP contribution in [0.3, 0.4) is 0 Å². The molecule has 48 heavy (non-hydrogen) atoms. The summed E-state index contributed by atoms with van der Waals surface area (Å²) in [5.41, 5.74) is 3.96. The van der Waals surface area contributed by atoms with Crippen LogP contribution in [0.2, 0.25) is 0 Å². The van der Waals surface area contributed by atoms with Gasteiger partial charge in [0, 0.05) is 62.9 Å². The highest BCUT2D eigenvalue weighted by atomic mass is 16.5. The summed E-state index contributed by atoms with van der Waals surface area (Å²) < 4.78 is 10.2. The second-order valence-corrected chi connectivity index (χ2v) is 12.9. The van der Waals surface area contributed by atoms with Crippen LogP contribution in [-0.4, -0.2) is 85.0 Å². The molecule has 0 radical (unpaired) electrons. The molecule has 0 saturated carbocycles. The van der Waals surface area contributed by atoms with Gasteiger partial charge in [-0.2, -0.15) is 9.78 Å². The quantitative estimate of drug-likeness (QED) is 0.263. The van der Waals surface area contributed by atoms with Crippen molar-refractivity contribution in [2.24, 2.45) is 7.05 Å². The zero-order valence-corrected chi connectivity index (χ0v) is 27.0. The highest BCUT2D eigenvalue weighted by Gasteiger charge is 2.32. The molecule has 13 nitrogen and oxygen atoms in total. The predicted molar refractivity (Wildman–Crippen MR) is 183 cm³/mol. The normalized spacial score (nSPS) is 18.5.